The number of carboxylic acids is 1. The summed E-state index contributed by atoms with van der Waals surface area (Å²) in [6.45, 7) is 1.62. The molecule has 2 aromatic rings. The van der Waals surface area contributed by atoms with Gasteiger partial charge in [0.25, 0.3) is 5.69 Å². The molecule has 0 fully saturated rings. The van der Waals surface area contributed by atoms with Crippen LogP contribution in [0.3, 0.4) is 0 Å². The van der Waals surface area contributed by atoms with Crippen LogP contribution in [-0.4, -0.2) is 32.9 Å². The van der Waals surface area contributed by atoms with Gasteiger partial charge in [0.1, 0.15) is 18.1 Å². The highest BCUT2D eigenvalue weighted by Gasteiger charge is 2.14. The lowest BCUT2D eigenvalue weighted by molar-refractivity contribution is -0.385. The molecule has 9 nitrogen and oxygen atoms in total. The van der Waals surface area contributed by atoms with Gasteiger partial charge in [-0.25, -0.2) is 4.98 Å². The van der Waals surface area contributed by atoms with Crippen molar-refractivity contribution in [2.24, 2.45) is 0 Å². The highest BCUT2D eigenvalue weighted by molar-refractivity contribution is 5.96. The number of hydrogen-bond acceptors (Lipinski definition) is 6. The van der Waals surface area contributed by atoms with E-state index in [2.05, 4.69) is 15.6 Å². The molecule has 1 atom stereocenters. The Morgan fingerprint density at radius 3 is 2.44 bits per heavy atom. The Kier molecular flexibility index (Phi) is 5.62. The SMILES string of the molecule is CC(Nc1ccc([N+](=O)[O-])cn1)C(=O)Nc1ccc(CC(=O)O)cc1. The van der Waals surface area contributed by atoms with Gasteiger partial charge in [-0.3, -0.25) is 19.7 Å². The van der Waals surface area contributed by atoms with Crippen molar-refractivity contribution in [1.29, 1.82) is 0 Å². The number of rotatable bonds is 7. The monoisotopic (exact) mass is 344 g/mol. The summed E-state index contributed by atoms with van der Waals surface area (Å²) in [5, 5.41) is 24.8. The first kappa shape index (κ1) is 17.9. The predicted molar refractivity (Wildman–Crippen MR) is 90.4 cm³/mol. The van der Waals surface area contributed by atoms with Gasteiger partial charge in [-0.05, 0) is 30.7 Å². The first-order valence-corrected chi connectivity index (χ1v) is 7.33. The Bertz CT molecular complexity index is 774. The van der Waals surface area contributed by atoms with Crippen LogP contribution in [0.15, 0.2) is 42.6 Å². The number of amides is 1. The molecule has 1 heterocycles. The van der Waals surface area contributed by atoms with Crippen LogP contribution in [0.25, 0.3) is 0 Å². The minimum atomic E-state index is -0.926. The van der Waals surface area contributed by atoms with Crippen LogP contribution in [0.5, 0.6) is 0 Å². The Hall–Kier alpha value is -3.49. The van der Waals surface area contributed by atoms with E-state index in [0.29, 0.717) is 17.1 Å². The van der Waals surface area contributed by atoms with Gasteiger partial charge in [-0.1, -0.05) is 12.1 Å². The number of carbonyl (C=O) groups is 2. The van der Waals surface area contributed by atoms with Gasteiger partial charge in [-0.2, -0.15) is 0 Å². The summed E-state index contributed by atoms with van der Waals surface area (Å²) >= 11 is 0. The maximum Gasteiger partial charge on any atom is 0.307 e. The molecule has 0 bridgehead atoms. The van der Waals surface area contributed by atoms with Crippen LogP contribution >= 0.6 is 0 Å². The fraction of sp³-hybridized carbons (Fsp3) is 0.188. The summed E-state index contributed by atoms with van der Waals surface area (Å²) in [6.07, 6.45) is 1.02. The largest absolute Gasteiger partial charge is 0.481 e. The number of aromatic nitrogens is 1. The van der Waals surface area contributed by atoms with Gasteiger partial charge in [0.15, 0.2) is 0 Å². The standard InChI is InChI=1S/C16H16N4O5/c1-10(18-14-7-6-13(9-17-14)20(24)25)16(23)19-12-4-2-11(3-5-12)8-15(21)22/h2-7,9-10H,8H2,1H3,(H,17,18)(H,19,23)(H,21,22). The number of carbonyl (C=O) groups excluding carboxylic acids is 1. The summed E-state index contributed by atoms with van der Waals surface area (Å²) in [7, 11) is 0. The number of aliphatic carboxylic acids is 1. The first-order chi connectivity index (χ1) is 11.8. The molecule has 2 rings (SSSR count). The van der Waals surface area contributed by atoms with Crippen LogP contribution in [0, 0.1) is 10.1 Å². The molecular weight excluding hydrogens is 328 g/mol. The zero-order valence-electron chi connectivity index (χ0n) is 13.3. The molecule has 130 valence electrons. The van der Waals surface area contributed by atoms with Crippen LogP contribution in [0.4, 0.5) is 17.2 Å². The summed E-state index contributed by atoms with van der Waals surface area (Å²) in [4.78, 5) is 36.7. The van der Waals surface area contributed by atoms with Crippen molar-refractivity contribution in [1.82, 2.24) is 4.98 Å². The predicted octanol–water partition coefficient (Wildman–Crippen LogP) is 2.06. The molecule has 0 radical (unpaired) electrons. The molecule has 1 aromatic heterocycles. The average molecular weight is 344 g/mol. The number of nitrogens with one attached hydrogen (secondary N) is 2. The normalized spacial score (nSPS) is 11.4. The third-order valence-corrected chi connectivity index (χ3v) is 3.29. The van der Waals surface area contributed by atoms with Gasteiger partial charge >= 0.3 is 5.97 Å². The molecule has 0 saturated heterocycles. The van der Waals surface area contributed by atoms with E-state index in [1.54, 1.807) is 31.2 Å². The van der Waals surface area contributed by atoms with Gasteiger partial charge in [0.05, 0.1) is 11.3 Å². The van der Waals surface area contributed by atoms with E-state index >= 15 is 0 Å². The summed E-state index contributed by atoms with van der Waals surface area (Å²) < 4.78 is 0. The zero-order valence-corrected chi connectivity index (χ0v) is 13.3. The molecule has 0 aliphatic heterocycles. The Labute approximate surface area is 142 Å². The van der Waals surface area contributed by atoms with Crippen LogP contribution in [-0.2, 0) is 16.0 Å². The average Bonchev–Trinajstić information content (AvgIpc) is 2.56. The molecule has 0 saturated carbocycles. The Balaban J connectivity index is 1.93. The van der Waals surface area contributed by atoms with E-state index in [9.17, 15) is 19.7 Å². The molecule has 0 aliphatic carbocycles. The fourth-order valence-electron chi connectivity index (χ4n) is 2.00. The number of nitrogens with zero attached hydrogens (tertiary/aromatic N) is 2. The number of benzene rings is 1. The fourth-order valence-corrected chi connectivity index (χ4v) is 2.00. The molecule has 1 amide bonds. The van der Waals surface area contributed by atoms with Crippen molar-refractivity contribution in [3.63, 3.8) is 0 Å². The van der Waals surface area contributed by atoms with E-state index < -0.39 is 16.9 Å². The maximum absolute atomic E-state index is 12.2. The first-order valence-electron chi connectivity index (χ1n) is 7.33. The van der Waals surface area contributed by atoms with E-state index in [1.165, 1.54) is 12.1 Å². The van der Waals surface area contributed by atoms with Crippen molar-refractivity contribution in [3.8, 4) is 0 Å². The second-order valence-corrected chi connectivity index (χ2v) is 5.28. The van der Waals surface area contributed by atoms with Gasteiger partial charge in [-0.15, -0.1) is 0 Å². The van der Waals surface area contributed by atoms with E-state index in [4.69, 9.17) is 5.11 Å². The quantitative estimate of drug-likeness (QED) is 0.517. The summed E-state index contributed by atoms with van der Waals surface area (Å²) in [6, 6.07) is 8.57. The molecule has 3 N–H and O–H groups in total. The smallest absolute Gasteiger partial charge is 0.307 e. The summed E-state index contributed by atoms with van der Waals surface area (Å²) in [5.74, 6) is -0.915. The Morgan fingerprint density at radius 1 is 1.24 bits per heavy atom. The van der Waals surface area contributed by atoms with Crippen molar-refractivity contribution in [2.45, 2.75) is 19.4 Å². The lowest BCUT2D eigenvalue weighted by atomic mass is 10.1. The topological polar surface area (TPSA) is 134 Å². The molecular formula is C16H16N4O5. The van der Waals surface area contributed by atoms with Crippen LogP contribution in [0.2, 0.25) is 0 Å². The third-order valence-electron chi connectivity index (χ3n) is 3.29. The number of pyridine rings is 1. The van der Waals surface area contributed by atoms with E-state index in [1.807, 2.05) is 0 Å². The van der Waals surface area contributed by atoms with Crippen LogP contribution in [0.1, 0.15) is 12.5 Å². The molecule has 0 spiro atoms. The highest BCUT2D eigenvalue weighted by Crippen LogP contribution is 2.14. The number of hydrogen-bond donors (Lipinski definition) is 3. The highest BCUT2D eigenvalue weighted by atomic mass is 16.6. The molecule has 9 heteroatoms. The molecule has 25 heavy (non-hydrogen) atoms. The second kappa shape index (κ2) is 7.86. The van der Waals surface area contributed by atoms with Crippen molar-refractivity contribution in [2.75, 3.05) is 10.6 Å². The molecule has 1 unspecified atom stereocenters. The van der Waals surface area contributed by atoms with Crippen molar-refractivity contribution >= 4 is 29.1 Å². The lowest BCUT2D eigenvalue weighted by Crippen LogP contribution is -2.32. The minimum absolute atomic E-state index is 0.0853. The van der Waals surface area contributed by atoms with Crippen molar-refractivity contribution in [3.05, 3.63) is 58.3 Å². The van der Waals surface area contributed by atoms with E-state index in [0.717, 1.165) is 6.20 Å². The number of nitro groups is 1. The van der Waals surface area contributed by atoms with Crippen molar-refractivity contribution < 1.29 is 19.6 Å². The zero-order chi connectivity index (χ0) is 18.4. The molecule has 1 aromatic carbocycles. The van der Waals surface area contributed by atoms with Gasteiger partial charge in [0, 0.05) is 11.8 Å². The number of carboxylic acid groups (broad SMARTS) is 1. The van der Waals surface area contributed by atoms with Gasteiger partial charge < -0.3 is 15.7 Å². The lowest BCUT2D eigenvalue weighted by Gasteiger charge is -2.14. The Morgan fingerprint density at radius 2 is 1.92 bits per heavy atom. The number of anilines is 2. The second-order valence-electron chi connectivity index (χ2n) is 5.28. The molecule has 0 aliphatic rings. The maximum atomic E-state index is 12.2. The third kappa shape index (κ3) is 5.27. The van der Waals surface area contributed by atoms with Gasteiger partial charge in [0.2, 0.25) is 5.91 Å². The van der Waals surface area contributed by atoms with E-state index in [-0.39, 0.29) is 18.0 Å². The minimum Gasteiger partial charge on any atom is -0.481 e. The van der Waals surface area contributed by atoms with Crippen LogP contribution < -0.4 is 10.6 Å². The summed E-state index contributed by atoms with van der Waals surface area (Å²) in [5.41, 5.74) is 1.03.